The van der Waals surface area contributed by atoms with Gasteiger partial charge in [0.2, 0.25) is 0 Å². The maximum Gasteiger partial charge on any atom is 0.387 e. The lowest BCUT2D eigenvalue weighted by Crippen LogP contribution is -2.06. The first-order valence-electron chi connectivity index (χ1n) is 3.29. The Kier molecular flexibility index (Phi) is 3.53. The third-order valence-electron chi connectivity index (χ3n) is 1.26. The number of hydrogen-bond acceptors (Lipinski definition) is 2. The van der Waals surface area contributed by atoms with Crippen molar-refractivity contribution < 1.29 is 17.9 Å². The van der Waals surface area contributed by atoms with E-state index in [-0.39, 0.29) is 11.0 Å². The summed E-state index contributed by atoms with van der Waals surface area (Å²) in [6, 6.07) is 0.962. The molecule has 1 aromatic rings. The number of hydrogen-bond donors (Lipinski definition) is 0. The van der Waals surface area contributed by atoms with Crippen molar-refractivity contribution >= 4 is 15.9 Å². The number of rotatable bonds is 3. The number of nitrogens with zero attached hydrogens (tertiary/aromatic N) is 1. The smallest absolute Gasteiger partial charge is 0.387 e. The Hall–Kier alpha value is -0.780. The molecule has 0 aliphatic rings. The lowest BCUT2D eigenvalue weighted by molar-refractivity contribution is -0.0529. The molecule has 0 bridgehead atoms. The van der Waals surface area contributed by atoms with Crippen LogP contribution < -0.4 is 4.74 Å². The number of halogens is 4. The molecular weight excluding hydrogens is 251 g/mol. The second kappa shape index (κ2) is 4.45. The summed E-state index contributed by atoms with van der Waals surface area (Å²) >= 11 is 2.98. The van der Waals surface area contributed by atoms with Crippen molar-refractivity contribution in [3.05, 3.63) is 23.8 Å². The van der Waals surface area contributed by atoms with Gasteiger partial charge in [0.05, 0.1) is 5.69 Å². The molecule has 0 N–H and O–H groups in total. The van der Waals surface area contributed by atoms with E-state index in [9.17, 15) is 13.2 Å². The molecule has 13 heavy (non-hydrogen) atoms. The second-order valence-electron chi connectivity index (χ2n) is 2.08. The van der Waals surface area contributed by atoms with E-state index in [4.69, 9.17) is 0 Å². The van der Waals surface area contributed by atoms with E-state index in [2.05, 4.69) is 25.7 Å². The summed E-state index contributed by atoms with van der Waals surface area (Å²) in [5.41, 5.74) is 0.111. The van der Waals surface area contributed by atoms with E-state index < -0.39 is 18.2 Å². The zero-order valence-electron chi connectivity index (χ0n) is 6.31. The summed E-state index contributed by atoms with van der Waals surface area (Å²) in [6.45, 7) is -3.04. The molecule has 0 radical (unpaired) electrons. The van der Waals surface area contributed by atoms with Gasteiger partial charge < -0.3 is 4.74 Å². The quantitative estimate of drug-likeness (QED) is 0.775. The van der Waals surface area contributed by atoms with Gasteiger partial charge in [0, 0.05) is 11.5 Å². The highest BCUT2D eigenvalue weighted by Gasteiger charge is 2.14. The Bertz CT molecular complexity index is 295. The van der Waals surface area contributed by atoms with Crippen LogP contribution in [0.5, 0.6) is 5.75 Å². The van der Waals surface area contributed by atoms with Gasteiger partial charge in [-0.05, 0) is 6.07 Å². The molecule has 0 aliphatic carbocycles. The van der Waals surface area contributed by atoms with Crippen LogP contribution in [0.4, 0.5) is 13.2 Å². The minimum absolute atomic E-state index is 0.111. The molecule has 0 saturated carbocycles. The Morgan fingerprint density at radius 1 is 1.54 bits per heavy atom. The second-order valence-corrected chi connectivity index (χ2v) is 2.64. The van der Waals surface area contributed by atoms with E-state index in [1.54, 1.807) is 0 Å². The molecule has 0 fully saturated rings. The molecule has 0 unspecified atom stereocenters. The lowest BCUT2D eigenvalue weighted by Gasteiger charge is -2.08. The zero-order chi connectivity index (χ0) is 9.84. The first-order chi connectivity index (χ1) is 6.15. The van der Waals surface area contributed by atoms with Crippen molar-refractivity contribution in [1.82, 2.24) is 4.98 Å². The van der Waals surface area contributed by atoms with Crippen LogP contribution >= 0.6 is 15.9 Å². The molecule has 6 heteroatoms. The van der Waals surface area contributed by atoms with Crippen LogP contribution in [-0.2, 0) is 5.33 Å². The molecule has 0 amide bonds. The van der Waals surface area contributed by atoms with Crippen molar-refractivity contribution in [2.75, 3.05) is 0 Å². The van der Waals surface area contributed by atoms with Crippen molar-refractivity contribution in [3.8, 4) is 5.75 Å². The van der Waals surface area contributed by atoms with Crippen molar-refractivity contribution in [1.29, 1.82) is 0 Å². The van der Waals surface area contributed by atoms with Gasteiger partial charge in [0.25, 0.3) is 0 Å². The SMILES string of the molecule is Fc1ccnc(CBr)c1OC(F)F. The lowest BCUT2D eigenvalue weighted by atomic mass is 10.3. The Morgan fingerprint density at radius 2 is 2.23 bits per heavy atom. The Labute approximate surface area is 80.9 Å². The van der Waals surface area contributed by atoms with E-state index in [1.165, 1.54) is 6.20 Å². The summed E-state index contributed by atoms with van der Waals surface area (Å²) in [4.78, 5) is 3.67. The fraction of sp³-hybridized carbons (Fsp3) is 0.286. The number of pyridine rings is 1. The van der Waals surface area contributed by atoms with Crippen LogP contribution in [-0.4, -0.2) is 11.6 Å². The normalized spacial score (nSPS) is 10.5. The van der Waals surface area contributed by atoms with Gasteiger partial charge >= 0.3 is 6.61 Å². The molecule has 72 valence electrons. The van der Waals surface area contributed by atoms with E-state index in [0.29, 0.717) is 0 Å². The molecule has 0 aliphatic heterocycles. The molecule has 2 nitrogen and oxygen atoms in total. The zero-order valence-corrected chi connectivity index (χ0v) is 7.89. The van der Waals surface area contributed by atoms with Gasteiger partial charge in [-0.2, -0.15) is 8.78 Å². The summed E-state index contributed by atoms with van der Waals surface area (Å²) in [5, 5.41) is 0.160. The number of ether oxygens (including phenoxy) is 1. The van der Waals surface area contributed by atoms with Crippen molar-refractivity contribution in [2.45, 2.75) is 11.9 Å². The van der Waals surface area contributed by atoms with Gasteiger partial charge in [-0.3, -0.25) is 4.98 Å². The van der Waals surface area contributed by atoms with E-state index >= 15 is 0 Å². The van der Waals surface area contributed by atoms with Gasteiger partial charge in [-0.1, -0.05) is 15.9 Å². The first-order valence-corrected chi connectivity index (χ1v) is 4.41. The minimum atomic E-state index is -3.04. The Balaban J connectivity index is 3.00. The van der Waals surface area contributed by atoms with Crippen molar-refractivity contribution in [3.63, 3.8) is 0 Å². The highest BCUT2D eigenvalue weighted by Crippen LogP contribution is 2.24. The molecule has 0 spiro atoms. The first kappa shape index (κ1) is 10.3. The predicted molar refractivity (Wildman–Crippen MR) is 43.5 cm³/mol. The van der Waals surface area contributed by atoms with Crippen LogP contribution in [0.25, 0.3) is 0 Å². The van der Waals surface area contributed by atoms with Gasteiger partial charge in [-0.25, -0.2) is 4.39 Å². The van der Waals surface area contributed by atoms with E-state index in [1.807, 2.05) is 0 Å². The predicted octanol–water partition coefficient (Wildman–Crippen LogP) is 2.72. The maximum atomic E-state index is 12.9. The molecule has 0 saturated heterocycles. The van der Waals surface area contributed by atoms with Crippen LogP contribution in [0.1, 0.15) is 5.69 Å². The fourth-order valence-corrected chi connectivity index (χ4v) is 1.17. The average molecular weight is 256 g/mol. The summed E-state index contributed by atoms with van der Waals surface area (Å²) in [5.74, 6) is -1.35. The topological polar surface area (TPSA) is 22.1 Å². The molecule has 1 aromatic heterocycles. The van der Waals surface area contributed by atoms with Crippen LogP contribution in [0.2, 0.25) is 0 Å². The Morgan fingerprint density at radius 3 is 2.77 bits per heavy atom. The average Bonchev–Trinajstić information content (AvgIpc) is 2.08. The van der Waals surface area contributed by atoms with Crippen LogP contribution in [0.3, 0.4) is 0 Å². The van der Waals surface area contributed by atoms with Gasteiger partial charge in [0.15, 0.2) is 11.6 Å². The number of alkyl halides is 3. The summed E-state index contributed by atoms with van der Waals surface area (Å²) in [6.07, 6.45) is 1.18. The molecule has 1 heterocycles. The monoisotopic (exact) mass is 255 g/mol. The largest absolute Gasteiger partial charge is 0.430 e. The summed E-state index contributed by atoms with van der Waals surface area (Å²) in [7, 11) is 0. The third kappa shape index (κ3) is 2.58. The van der Waals surface area contributed by atoms with Gasteiger partial charge in [-0.15, -0.1) is 0 Å². The third-order valence-corrected chi connectivity index (χ3v) is 1.79. The van der Waals surface area contributed by atoms with Crippen LogP contribution in [0.15, 0.2) is 12.3 Å². The molecule has 0 aromatic carbocycles. The van der Waals surface area contributed by atoms with Crippen LogP contribution in [0, 0.1) is 5.82 Å². The van der Waals surface area contributed by atoms with Gasteiger partial charge in [0.1, 0.15) is 0 Å². The highest BCUT2D eigenvalue weighted by molar-refractivity contribution is 9.08. The highest BCUT2D eigenvalue weighted by atomic mass is 79.9. The molecule has 0 atom stereocenters. The standard InChI is InChI=1S/C7H5BrF3NO/c8-3-5-6(13-7(10)11)4(9)1-2-12-5/h1-2,7H,3H2. The molecule has 1 rings (SSSR count). The van der Waals surface area contributed by atoms with Crippen molar-refractivity contribution in [2.24, 2.45) is 0 Å². The number of aromatic nitrogens is 1. The molecular formula is C7H5BrF3NO. The maximum absolute atomic E-state index is 12.9. The fourth-order valence-electron chi connectivity index (χ4n) is 0.773. The summed E-state index contributed by atoms with van der Waals surface area (Å²) < 4.78 is 40.4. The van der Waals surface area contributed by atoms with E-state index in [0.717, 1.165) is 6.07 Å². The minimum Gasteiger partial charge on any atom is -0.430 e.